The molecule has 50 heavy (non-hydrogen) atoms. The SMILES string of the molecule is C=CCNC(=O)C(=O)C(CC1CCC1)NC(=O)[C@H](C)N(CCC)C(=O)[C@@H](NC(=O)NC1(CS(=O)(=O)C(C)(C)C)CCCCC1)C1(C)CCCC1. The van der Waals surface area contributed by atoms with Gasteiger partial charge in [-0.2, -0.15) is 0 Å². The quantitative estimate of drug-likeness (QED) is 0.128. The minimum atomic E-state index is -3.56. The highest BCUT2D eigenvalue weighted by Crippen LogP contribution is 2.42. The third-order valence-corrected chi connectivity index (χ3v) is 14.0. The maximum Gasteiger partial charge on any atom is 0.315 e. The average Bonchev–Trinajstić information content (AvgIpc) is 3.47. The minimum absolute atomic E-state index is 0.123. The Balaban J connectivity index is 1.85. The highest BCUT2D eigenvalue weighted by Gasteiger charge is 2.47. The molecule has 0 heterocycles. The molecule has 3 atom stereocenters. The number of urea groups is 1. The van der Waals surface area contributed by atoms with Gasteiger partial charge >= 0.3 is 6.03 Å². The van der Waals surface area contributed by atoms with Crippen molar-refractivity contribution in [2.24, 2.45) is 11.3 Å². The predicted octanol–water partition coefficient (Wildman–Crippen LogP) is 4.32. The lowest BCUT2D eigenvalue weighted by Crippen LogP contribution is -2.64. The van der Waals surface area contributed by atoms with Crippen LogP contribution in [0.3, 0.4) is 0 Å². The van der Waals surface area contributed by atoms with Crippen LogP contribution < -0.4 is 21.3 Å². The van der Waals surface area contributed by atoms with Crippen LogP contribution in [0.1, 0.15) is 131 Å². The lowest BCUT2D eigenvalue weighted by atomic mass is 9.79. The summed E-state index contributed by atoms with van der Waals surface area (Å²) in [7, 11) is -3.56. The van der Waals surface area contributed by atoms with Crippen LogP contribution in [-0.4, -0.2) is 90.1 Å². The number of rotatable bonds is 17. The molecule has 13 heteroatoms. The van der Waals surface area contributed by atoms with E-state index in [1.165, 1.54) is 11.0 Å². The van der Waals surface area contributed by atoms with Gasteiger partial charge in [0.1, 0.15) is 12.1 Å². The van der Waals surface area contributed by atoms with Gasteiger partial charge in [-0.15, -0.1) is 6.58 Å². The normalized spacial score (nSPS) is 20.7. The molecular weight excluding hydrogens is 659 g/mol. The van der Waals surface area contributed by atoms with Gasteiger partial charge in [0.2, 0.25) is 17.6 Å². The second-order valence-electron chi connectivity index (χ2n) is 16.3. The summed E-state index contributed by atoms with van der Waals surface area (Å²) in [6.45, 7) is 14.4. The van der Waals surface area contributed by atoms with Crippen molar-refractivity contribution < 1.29 is 32.4 Å². The van der Waals surface area contributed by atoms with Crippen molar-refractivity contribution in [1.29, 1.82) is 0 Å². The van der Waals surface area contributed by atoms with Crippen molar-refractivity contribution >= 4 is 39.4 Å². The van der Waals surface area contributed by atoms with Crippen LogP contribution in [0.2, 0.25) is 0 Å². The Kier molecular flexibility index (Phi) is 14.5. The van der Waals surface area contributed by atoms with E-state index < -0.39 is 73.2 Å². The second kappa shape index (κ2) is 17.5. The van der Waals surface area contributed by atoms with Gasteiger partial charge in [0, 0.05) is 13.1 Å². The first-order valence-corrected chi connectivity index (χ1v) is 20.4. The first kappa shape index (κ1) is 41.5. The molecule has 5 amide bonds. The third kappa shape index (κ3) is 10.5. The molecule has 0 saturated heterocycles. The number of sulfone groups is 1. The number of hydrogen-bond acceptors (Lipinski definition) is 7. The van der Waals surface area contributed by atoms with Crippen LogP contribution >= 0.6 is 0 Å². The summed E-state index contributed by atoms with van der Waals surface area (Å²) in [4.78, 5) is 69.5. The van der Waals surface area contributed by atoms with Gasteiger partial charge in [0.15, 0.2) is 9.84 Å². The molecule has 284 valence electrons. The van der Waals surface area contributed by atoms with Crippen LogP contribution in [0.15, 0.2) is 12.7 Å². The zero-order valence-electron chi connectivity index (χ0n) is 31.3. The van der Waals surface area contributed by atoms with Crippen LogP contribution in [0.5, 0.6) is 0 Å². The second-order valence-corrected chi connectivity index (χ2v) is 19.0. The standard InChI is InChI=1S/C37H63N5O7S/c1-8-22-38-32(45)29(43)28(24-27-16-15-17-27)39-31(44)26(3)42(23-9-2)33(46)30(36(7)18-13-14-19-36)40-34(47)41-37(20-11-10-12-21-37)25-50(48,49)35(4,5)6/h8,26-28,30H,1,9-25H2,2-7H3,(H,38,45)(H,39,44)(H2,40,41,47)/t26-,28?,30+/m0/s1. The lowest BCUT2D eigenvalue weighted by Gasteiger charge is -2.42. The summed E-state index contributed by atoms with van der Waals surface area (Å²) in [6, 6.07) is -3.58. The van der Waals surface area contributed by atoms with Crippen molar-refractivity contribution in [3.63, 3.8) is 0 Å². The highest BCUT2D eigenvalue weighted by molar-refractivity contribution is 7.92. The van der Waals surface area contributed by atoms with Gasteiger partial charge in [-0.1, -0.05) is 71.3 Å². The van der Waals surface area contributed by atoms with Crippen LogP contribution in [0.25, 0.3) is 0 Å². The van der Waals surface area contributed by atoms with E-state index in [0.29, 0.717) is 38.5 Å². The van der Waals surface area contributed by atoms with Gasteiger partial charge in [0.05, 0.1) is 22.1 Å². The van der Waals surface area contributed by atoms with E-state index in [-0.39, 0.29) is 24.8 Å². The molecule has 0 radical (unpaired) electrons. The molecule has 0 aromatic heterocycles. The Hall–Kier alpha value is -2.96. The Morgan fingerprint density at radius 2 is 1.54 bits per heavy atom. The first-order valence-electron chi connectivity index (χ1n) is 18.7. The van der Waals surface area contributed by atoms with Gasteiger partial charge in [0.25, 0.3) is 5.91 Å². The molecule has 3 saturated carbocycles. The van der Waals surface area contributed by atoms with E-state index in [1.54, 1.807) is 27.7 Å². The van der Waals surface area contributed by atoms with Gasteiger partial charge in [-0.25, -0.2) is 13.2 Å². The van der Waals surface area contributed by atoms with Crippen molar-refractivity contribution in [3.8, 4) is 0 Å². The molecule has 4 N–H and O–H groups in total. The van der Waals surface area contributed by atoms with Crippen LogP contribution in [0.4, 0.5) is 4.79 Å². The topological polar surface area (TPSA) is 171 Å². The summed E-state index contributed by atoms with van der Waals surface area (Å²) in [5, 5.41) is 11.3. The van der Waals surface area contributed by atoms with Crippen molar-refractivity contribution in [1.82, 2.24) is 26.2 Å². The average molecular weight is 722 g/mol. The summed E-state index contributed by atoms with van der Waals surface area (Å²) < 4.78 is 25.7. The number of carbonyl (C=O) groups excluding carboxylic acids is 5. The Morgan fingerprint density at radius 3 is 2.06 bits per heavy atom. The fourth-order valence-corrected chi connectivity index (χ4v) is 9.09. The van der Waals surface area contributed by atoms with Gasteiger partial charge < -0.3 is 26.2 Å². The lowest BCUT2D eigenvalue weighted by molar-refractivity contribution is -0.145. The maximum absolute atomic E-state index is 14.6. The zero-order chi connectivity index (χ0) is 37.3. The molecule has 0 spiro atoms. The Bertz CT molecular complexity index is 1340. The van der Waals surface area contributed by atoms with E-state index in [0.717, 1.165) is 51.4 Å². The fraction of sp³-hybridized carbons (Fsp3) is 0.811. The van der Waals surface area contributed by atoms with E-state index in [4.69, 9.17) is 0 Å². The summed E-state index contributed by atoms with van der Waals surface area (Å²) in [5.74, 6) is -2.43. The maximum atomic E-state index is 14.6. The number of ketones is 1. The summed E-state index contributed by atoms with van der Waals surface area (Å²) in [6.07, 6.45) is 12.0. The number of nitrogens with zero attached hydrogens (tertiary/aromatic N) is 1. The smallest absolute Gasteiger partial charge is 0.315 e. The molecule has 3 aliphatic carbocycles. The van der Waals surface area contributed by atoms with Gasteiger partial charge in [-0.3, -0.25) is 19.2 Å². The molecule has 0 aromatic carbocycles. The fourth-order valence-electron chi connectivity index (χ4n) is 7.57. The number of Topliss-reactive ketones (excluding diaryl/α,β-unsaturated/α-hetero) is 1. The largest absolute Gasteiger partial charge is 0.346 e. The Morgan fingerprint density at radius 1 is 0.940 bits per heavy atom. The van der Waals surface area contributed by atoms with E-state index in [9.17, 15) is 32.4 Å². The van der Waals surface area contributed by atoms with Crippen LogP contribution in [0, 0.1) is 11.3 Å². The van der Waals surface area contributed by atoms with E-state index in [2.05, 4.69) is 27.8 Å². The molecule has 3 aliphatic rings. The minimum Gasteiger partial charge on any atom is -0.346 e. The number of nitrogens with one attached hydrogen (secondary N) is 4. The van der Waals surface area contributed by atoms with Crippen molar-refractivity contribution in [2.75, 3.05) is 18.8 Å². The first-order chi connectivity index (χ1) is 23.4. The monoisotopic (exact) mass is 721 g/mol. The Labute approximate surface area is 300 Å². The molecule has 3 rings (SSSR count). The zero-order valence-corrected chi connectivity index (χ0v) is 32.1. The van der Waals surface area contributed by atoms with E-state index >= 15 is 0 Å². The van der Waals surface area contributed by atoms with Gasteiger partial charge in [-0.05, 0) is 77.6 Å². The third-order valence-electron chi connectivity index (χ3n) is 11.2. The summed E-state index contributed by atoms with van der Waals surface area (Å²) >= 11 is 0. The van der Waals surface area contributed by atoms with Crippen molar-refractivity contribution in [3.05, 3.63) is 12.7 Å². The molecule has 0 aliphatic heterocycles. The highest BCUT2D eigenvalue weighted by atomic mass is 32.2. The van der Waals surface area contributed by atoms with Crippen molar-refractivity contribution in [2.45, 2.75) is 160 Å². The molecule has 1 unspecified atom stereocenters. The molecule has 12 nitrogen and oxygen atoms in total. The predicted molar refractivity (Wildman–Crippen MR) is 195 cm³/mol. The number of amides is 5. The number of carbonyl (C=O) groups is 5. The summed E-state index contributed by atoms with van der Waals surface area (Å²) in [5.41, 5.74) is -1.53. The number of hydrogen-bond donors (Lipinski definition) is 4. The molecule has 0 bridgehead atoms. The molecule has 3 fully saturated rings. The molecular formula is C37H63N5O7S. The van der Waals surface area contributed by atoms with Crippen LogP contribution in [-0.2, 0) is 29.0 Å². The molecule has 0 aromatic rings. The van der Waals surface area contributed by atoms with E-state index in [1.807, 2.05) is 13.8 Å².